The molecule has 0 radical (unpaired) electrons. The highest BCUT2D eigenvalue weighted by Gasteiger charge is 2.24. The van der Waals surface area contributed by atoms with Crippen molar-refractivity contribution < 1.29 is 9.47 Å². The van der Waals surface area contributed by atoms with Crippen LogP contribution in [-0.4, -0.2) is 82.2 Å². The number of likely N-dealkylation sites (N-methyl/N-ethyl adjacent to an activating group) is 1. The quantitative estimate of drug-likeness (QED) is 0.449. The molecule has 7 heteroatoms. The van der Waals surface area contributed by atoms with Gasteiger partial charge >= 0.3 is 0 Å². The van der Waals surface area contributed by atoms with Crippen LogP contribution in [0.15, 0.2) is 0 Å². The van der Waals surface area contributed by atoms with Crippen molar-refractivity contribution in [3.8, 4) is 0 Å². The third-order valence-corrected chi connectivity index (χ3v) is 4.07. The normalized spacial score (nSPS) is 18.1. The molecular formula is C13H29N3O2S2. The van der Waals surface area contributed by atoms with Crippen LogP contribution in [0.1, 0.15) is 6.92 Å². The summed E-state index contributed by atoms with van der Waals surface area (Å²) in [6.07, 6.45) is 2.05. The molecule has 5 nitrogen and oxygen atoms in total. The van der Waals surface area contributed by atoms with Gasteiger partial charge in [0.15, 0.2) is 0 Å². The lowest BCUT2D eigenvalue weighted by molar-refractivity contribution is 0.0260. The average Bonchev–Trinajstić information content (AvgIpc) is 2.37. The van der Waals surface area contributed by atoms with Gasteiger partial charge in [-0.1, -0.05) is 18.1 Å². The van der Waals surface area contributed by atoms with Gasteiger partial charge in [0.05, 0.1) is 26.4 Å². The number of likely N-dealkylation sites (tertiary alicyclic amines) is 1. The first kappa shape index (κ1) is 18.4. The van der Waals surface area contributed by atoms with E-state index >= 15 is 0 Å². The van der Waals surface area contributed by atoms with E-state index in [1.807, 2.05) is 0 Å². The molecule has 0 aromatic rings. The van der Waals surface area contributed by atoms with Crippen molar-refractivity contribution in [1.29, 1.82) is 0 Å². The zero-order valence-corrected chi connectivity index (χ0v) is 14.4. The van der Waals surface area contributed by atoms with Gasteiger partial charge < -0.3 is 20.1 Å². The molecule has 1 fully saturated rings. The van der Waals surface area contributed by atoms with Crippen molar-refractivity contribution >= 4 is 20.6 Å². The molecule has 0 aliphatic carbocycles. The smallest absolute Gasteiger partial charge is 0.0701 e. The van der Waals surface area contributed by atoms with Gasteiger partial charge in [-0.05, 0) is 12.8 Å². The fourth-order valence-electron chi connectivity index (χ4n) is 2.05. The maximum atomic E-state index is 5.56. The van der Waals surface area contributed by atoms with Crippen molar-refractivity contribution in [2.24, 2.45) is 0 Å². The zero-order valence-electron chi connectivity index (χ0n) is 12.7. The van der Waals surface area contributed by atoms with Gasteiger partial charge in [0.1, 0.15) is 0 Å². The van der Waals surface area contributed by atoms with E-state index < -0.39 is 0 Å². The highest BCUT2D eigenvalue weighted by Crippen LogP contribution is 2.06. The lowest BCUT2D eigenvalue weighted by Gasteiger charge is -2.39. The van der Waals surface area contributed by atoms with E-state index in [9.17, 15) is 0 Å². The summed E-state index contributed by atoms with van der Waals surface area (Å²) in [4.78, 5) is 2.41. The van der Waals surface area contributed by atoms with Crippen LogP contribution in [0.3, 0.4) is 0 Å². The van der Waals surface area contributed by atoms with E-state index in [-0.39, 0.29) is 9.45 Å². The molecule has 0 amide bonds. The van der Waals surface area contributed by atoms with Crippen molar-refractivity contribution in [3.05, 3.63) is 0 Å². The van der Waals surface area contributed by atoms with Crippen molar-refractivity contribution in [2.45, 2.75) is 13.0 Å². The summed E-state index contributed by atoms with van der Waals surface area (Å²) in [6, 6.07) is 0.689. The van der Waals surface area contributed by atoms with Crippen LogP contribution >= 0.6 is 0 Å². The predicted octanol–water partition coefficient (Wildman–Crippen LogP) is -0.430. The first-order valence-corrected chi connectivity index (χ1v) is 10.1. The number of rotatable bonds is 13. The van der Waals surface area contributed by atoms with Crippen LogP contribution in [0.5, 0.6) is 0 Å². The Kier molecular flexibility index (Phi) is 11.0. The van der Waals surface area contributed by atoms with Crippen LogP contribution in [0.4, 0.5) is 0 Å². The highest BCUT2D eigenvalue weighted by molar-refractivity contribution is 8.28. The van der Waals surface area contributed by atoms with Gasteiger partial charge in [-0.3, -0.25) is 4.90 Å². The molecule has 1 saturated heterocycles. The predicted molar refractivity (Wildman–Crippen MR) is 89.1 cm³/mol. The lowest BCUT2D eigenvalue weighted by atomic mass is 10.1. The lowest BCUT2D eigenvalue weighted by Crippen LogP contribution is -2.58. The van der Waals surface area contributed by atoms with E-state index in [2.05, 4.69) is 28.7 Å². The Morgan fingerprint density at radius 1 is 1.20 bits per heavy atom. The topological polar surface area (TPSA) is 45.8 Å². The minimum atomic E-state index is 0.0516. The van der Waals surface area contributed by atoms with E-state index in [0.29, 0.717) is 19.3 Å². The van der Waals surface area contributed by atoms with E-state index in [4.69, 9.17) is 20.7 Å². The zero-order chi connectivity index (χ0) is 14.6. The van der Waals surface area contributed by atoms with Gasteiger partial charge in [0.2, 0.25) is 0 Å². The fourth-order valence-corrected chi connectivity index (χ4v) is 2.73. The monoisotopic (exact) mass is 323 g/mol. The van der Waals surface area contributed by atoms with Gasteiger partial charge in [-0.25, -0.2) is 0 Å². The molecule has 1 unspecified atom stereocenters. The Labute approximate surface area is 130 Å². The van der Waals surface area contributed by atoms with Gasteiger partial charge in [-0.2, -0.15) is 0 Å². The molecule has 20 heavy (non-hydrogen) atoms. The van der Waals surface area contributed by atoms with Crippen LogP contribution < -0.4 is 10.6 Å². The summed E-state index contributed by atoms with van der Waals surface area (Å²) in [5.41, 5.74) is 0. The van der Waals surface area contributed by atoms with Gasteiger partial charge in [-0.15, -0.1) is 9.45 Å². The minimum Gasteiger partial charge on any atom is -0.378 e. The van der Waals surface area contributed by atoms with Gasteiger partial charge in [0, 0.05) is 38.1 Å². The minimum absolute atomic E-state index is 0.0516. The fraction of sp³-hybridized carbons (Fsp3) is 1.00. The van der Waals surface area contributed by atoms with Gasteiger partial charge in [0.25, 0.3) is 0 Å². The number of nitrogens with zero attached hydrogens (tertiary/aromatic N) is 1. The van der Waals surface area contributed by atoms with Crippen molar-refractivity contribution in [3.63, 3.8) is 0 Å². The van der Waals surface area contributed by atoms with Crippen molar-refractivity contribution in [1.82, 2.24) is 15.5 Å². The molecule has 1 aliphatic rings. The first-order valence-electron chi connectivity index (χ1n) is 7.34. The first-order chi connectivity index (χ1) is 9.72. The maximum Gasteiger partial charge on any atom is 0.0701 e. The summed E-state index contributed by atoms with van der Waals surface area (Å²) < 4.78 is 11.0. The molecule has 0 aromatic heterocycles. The molecule has 2 N–H and O–H groups in total. The largest absolute Gasteiger partial charge is 0.378 e. The van der Waals surface area contributed by atoms with E-state index in [1.165, 1.54) is 0 Å². The molecule has 0 saturated carbocycles. The van der Waals surface area contributed by atoms with Crippen LogP contribution in [-0.2, 0) is 30.1 Å². The third kappa shape index (κ3) is 9.33. The summed E-state index contributed by atoms with van der Waals surface area (Å²) in [5.74, 6) is 0.902. The van der Waals surface area contributed by atoms with Crippen LogP contribution in [0.2, 0.25) is 0 Å². The average molecular weight is 324 g/mol. The molecule has 0 bridgehead atoms. The molecular weight excluding hydrogens is 294 g/mol. The summed E-state index contributed by atoms with van der Waals surface area (Å²) in [5, 5.41) is 6.70. The highest BCUT2D eigenvalue weighted by atomic mass is 32.8. The molecule has 0 aromatic carbocycles. The Bertz CT molecular complexity index is 264. The molecule has 1 atom stereocenters. The Morgan fingerprint density at radius 2 is 1.90 bits per heavy atom. The molecule has 1 heterocycles. The Hall–Kier alpha value is 0.370. The number of ether oxygens (including phenoxy) is 2. The second kappa shape index (κ2) is 12.0. The van der Waals surface area contributed by atoms with E-state index in [0.717, 1.165) is 51.8 Å². The SMILES string of the molecule is CCNC1CN(CCOCCOCCNCS(C)=S)C1. The molecule has 1 rings (SSSR count). The Balaban J connectivity index is 1.72. The molecule has 0 spiro atoms. The summed E-state index contributed by atoms with van der Waals surface area (Å²) in [7, 11) is 0.0516. The molecule has 1 aliphatic heterocycles. The standard InChI is InChI=1S/C13H29N3O2S2/c1-3-15-13-10-16(11-13)5-7-18-9-8-17-6-4-14-12-20(2)19/h13-15H,3-12H2,1-2H3. The second-order valence-corrected chi connectivity index (χ2v) is 8.10. The maximum absolute atomic E-state index is 5.56. The number of hydrogen-bond donors (Lipinski definition) is 2. The van der Waals surface area contributed by atoms with Crippen LogP contribution in [0.25, 0.3) is 0 Å². The number of nitrogens with one attached hydrogen (secondary N) is 2. The molecule has 120 valence electrons. The number of hydrogen-bond acceptors (Lipinski definition) is 6. The summed E-state index contributed by atoms with van der Waals surface area (Å²) in [6.45, 7) is 10.3. The third-order valence-electron chi connectivity index (χ3n) is 3.10. The van der Waals surface area contributed by atoms with Crippen molar-refractivity contribution in [2.75, 3.05) is 71.3 Å². The second-order valence-electron chi connectivity index (χ2n) is 4.96. The van der Waals surface area contributed by atoms with Crippen LogP contribution in [0, 0.1) is 0 Å². The summed E-state index contributed by atoms with van der Waals surface area (Å²) >= 11 is 5.08. The van der Waals surface area contributed by atoms with E-state index in [1.54, 1.807) is 0 Å². The Morgan fingerprint density at radius 3 is 2.55 bits per heavy atom.